The van der Waals surface area contributed by atoms with Crippen molar-refractivity contribution in [2.75, 3.05) is 0 Å². The van der Waals surface area contributed by atoms with Crippen LogP contribution in [0.5, 0.6) is 0 Å². The zero-order valence-electron chi connectivity index (χ0n) is 7.55. The van der Waals surface area contributed by atoms with Gasteiger partial charge in [0.05, 0.1) is 5.56 Å². The lowest BCUT2D eigenvalue weighted by molar-refractivity contribution is -0.137. The number of carbonyl (C=O) groups is 1. The summed E-state index contributed by atoms with van der Waals surface area (Å²) in [7, 11) is 0. The van der Waals surface area contributed by atoms with E-state index >= 15 is 0 Å². The van der Waals surface area contributed by atoms with E-state index in [4.69, 9.17) is 9.90 Å². The van der Waals surface area contributed by atoms with Crippen LogP contribution in [-0.2, 0) is 6.18 Å². The highest BCUT2D eigenvalue weighted by Gasteiger charge is 2.31. The first-order valence-electron chi connectivity index (χ1n) is 3.64. The van der Waals surface area contributed by atoms with E-state index < -0.39 is 23.7 Å². The maximum Gasteiger partial charge on any atom is 0.416 e. The van der Waals surface area contributed by atoms with Crippen molar-refractivity contribution in [3.05, 3.63) is 34.1 Å². The van der Waals surface area contributed by atoms with Crippen LogP contribution < -0.4 is 5.73 Å². The molecule has 0 unspecified atom stereocenters. The summed E-state index contributed by atoms with van der Waals surface area (Å²) in [4.78, 5) is 8.78. The smallest absolute Gasteiger partial charge is 0.416 e. The van der Waals surface area contributed by atoms with Crippen LogP contribution in [0.2, 0.25) is 0 Å². The fourth-order valence-electron chi connectivity index (χ4n) is 0.717. The fourth-order valence-corrected chi connectivity index (χ4v) is 1.18. The van der Waals surface area contributed by atoms with E-state index in [1.54, 1.807) is 0 Å². The summed E-state index contributed by atoms with van der Waals surface area (Å²) >= 11 is 2.77. The average Bonchev–Trinajstić information content (AvgIpc) is 1.98. The minimum absolute atomic E-state index is 0.0785. The molecule has 0 spiro atoms. The van der Waals surface area contributed by atoms with Gasteiger partial charge in [0.2, 0.25) is 0 Å². The summed E-state index contributed by atoms with van der Waals surface area (Å²) in [5.41, 5.74) is 3.04. The molecule has 90 valence electrons. The third-order valence-corrected chi connectivity index (χ3v) is 1.65. The second kappa shape index (κ2) is 5.69. The maximum absolute atomic E-state index is 12.4. The molecule has 0 saturated heterocycles. The maximum atomic E-state index is 12.4. The van der Waals surface area contributed by atoms with Crippen molar-refractivity contribution in [2.24, 2.45) is 5.73 Å². The van der Waals surface area contributed by atoms with Crippen molar-refractivity contribution in [1.29, 1.82) is 0 Å². The van der Waals surface area contributed by atoms with Gasteiger partial charge in [-0.05, 0) is 18.2 Å². The van der Waals surface area contributed by atoms with E-state index in [2.05, 4.69) is 21.7 Å². The first-order chi connectivity index (χ1) is 7.12. The van der Waals surface area contributed by atoms with Gasteiger partial charge in [-0.2, -0.15) is 13.2 Å². The molecule has 0 saturated carbocycles. The Morgan fingerprint density at radius 3 is 2.06 bits per heavy atom. The minimum Gasteiger partial charge on any atom is -0.465 e. The zero-order valence-corrected chi connectivity index (χ0v) is 9.14. The molecule has 0 atom stereocenters. The highest BCUT2D eigenvalue weighted by Crippen LogP contribution is 2.31. The quantitative estimate of drug-likeness (QED) is 0.723. The Balaban J connectivity index is 0.000000487. The number of hydrogen-bond acceptors (Lipinski definition) is 1. The van der Waals surface area contributed by atoms with Crippen LogP contribution in [0.25, 0.3) is 0 Å². The lowest BCUT2D eigenvalue weighted by Gasteiger charge is -2.06. The number of primary amides is 1. The van der Waals surface area contributed by atoms with E-state index in [0.29, 0.717) is 6.07 Å². The lowest BCUT2D eigenvalue weighted by atomic mass is 10.2. The van der Waals surface area contributed by atoms with Gasteiger partial charge in [0.15, 0.2) is 0 Å². The number of carboxylic acid groups (broad SMARTS) is 1. The molecule has 1 rings (SSSR count). The number of alkyl halides is 3. The van der Waals surface area contributed by atoms with E-state index in [0.717, 1.165) is 12.1 Å². The number of hydrogen-bond donors (Lipinski definition) is 2. The predicted octanol–water partition coefficient (Wildman–Crippen LogP) is 3.23. The van der Waals surface area contributed by atoms with E-state index in [1.807, 2.05) is 0 Å². The third kappa shape index (κ3) is 6.23. The van der Waals surface area contributed by atoms with Gasteiger partial charge in [-0.15, -0.1) is 0 Å². The Bertz CT molecular complexity index is 357. The van der Waals surface area contributed by atoms with Gasteiger partial charge in [-0.1, -0.05) is 15.9 Å². The van der Waals surface area contributed by atoms with Crippen LogP contribution in [-0.4, -0.2) is 11.2 Å². The number of amides is 1. The topological polar surface area (TPSA) is 63.3 Å². The summed E-state index contributed by atoms with van der Waals surface area (Å²) in [6.45, 7) is 0. The second-order valence-electron chi connectivity index (χ2n) is 2.49. The van der Waals surface area contributed by atoms with Gasteiger partial charge in [0.1, 0.15) is 5.82 Å². The Labute approximate surface area is 96.0 Å². The van der Waals surface area contributed by atoms with E-state index in [-0.39, 0.29) is 4.47 Å². The van der Waals surface area contributed by atoms with Crippen molar-refractivity contribution >= 4 is 22.0 Å². The van der Waals surface area contributed by atoms with Crippen molar-refractivity contribution in [1.82, 2.24) is 0 Å². The molecule has 16 heavy (non-hydrogen) atoms. The molecule has 1 aromatic carbocycles. The molecule has 0 bridgehead atoms. The second-order valence-corrected chi connectivity index (χ2v) is 3.41. The molecule has 0 aliphatic rings. The van der Waals surface area contributed by atoms with Crippen molar-refractivity contribution in [3.63, 3.8) is 0 Å². The Morgan fingerprint density at radius 2 is 1.75 bits per heavy atom. The molecule has 1 aromatic rings. The van der Waals surface area contributed by atoms with Gasteiger partial charge < -0.3 is 10.8 Å². The average molecular weight is 304 g/mol. The van der Waals surface area contributed by atoms with Gasteiger partial charge in [0, 0.05) is 4.47 Å². The number of rotatable bonds is 0. The first kappa shape index (κ1) is 14.7. The molecular weight excluding hydrogens is 298 g/mol. The summed E-state index contributed by atoms with van der Waals surface area (Å²) in [6.07, 6.45) is -5.83. The highest BCUT2D eigenvalue weighted by molar-refractivity contribution is 9.10. The van der Waals surface area contributed by atoms with Crippen LogP contribution in [0.3, 0.4) is 0 Å². The molecule has 0 radical (unpaired) electrons. The molecule has 0 aromatic heterocycles. The Hall–Kier alpha value is -1.31. The standard InChI is InChI=1S/C7H3BrF4.CH3NO2/c8-5-1-4(7(10,11)12)2-6(9)3-5;2-1(3)4/h1-3H;2H2,(H,3,4). The largest absolute Gasteiger partial charge is 0.465 e. The SMILES string of the molecule is Fc1cc(Br)cc(C(F)(F)F)c1.NC(=O)O. The molecule has 0 fully saturated rings. The molecule has 1 amide bonds. The van der Waals surface area contributed by atoms with Crippen molar-refractivity contribution in [3.8, 4) is 0 Å². The van der Waals surface area contributed by atoms with Gasteiger partial charge in [-0.3, -0.25) is 0 Å². The van der Waals surface area contributed by atoms with Crippen LogP contribution in [0.1, 0.15) is 5.56 Å². The van der Waals surface area contributed by atoms with E-state index in [9.17, 15) is 17.6 Å². The van der Waals surface area contributed by atoms with Crippen LogP contribution in [0.15, 0.2) is 22.7 Å². The summed E-state index contributed by atoms with van der Waals surface area (Å²) in [5.74, 6) is -0.906. The number of halogens is 5. The van der Waals surface area contributed by atoms with Crippen LogP contribution >= 0.6 is 15.9 Å². The molecule has 3 N–H and O–H groups in total. The Morgan fingerprint density at radius 1 is 1.31 bits per heavy atom. The first-order valence-corrected chi connectivity index (χ1v) is 4.44. The highest BCUT2D eigenvalue weighted by atomic mass is 79.9. The Kier molecular flexibility index (Phi) is 5.22. The van der Waals surface area contributed by atoms with Gasteiger partial charge in [-0.25, -0.2) is 9.18 Å². The van der Waals surface area contributed by atoms with Crippen LogP contribution in [0, 0.1) is 5.82 Å². The summed E-state index contributed by atoms with van der Waals surface area (Å²) in [5, 5.41) is 7.19. The van der Waals surface area contributed by atoms with Gasteiger partial charge in [0.25, 0.3) is 0 Å². The molecule has 0 heterocycles. The van der Waals surface area contributed by atoms with E-state index in [1.165, 1.54) is 0 Å². The summed E-state index contributed by atoms with van der Waals surface area (Å²) in [6, 6.07) is 2.24. The summed E-state index contributed by atoms with van der Waals surface area (Å²) < 4.78 is 48.4. The molecular formula is C8H6BrF4NO2. The minimum atomic E-state index is -4.50. The van der Waals surface area contributed by atoms with Crippen molar-refractivity contribution in [2.45, 2.75) is 6.18 Å². The lowest BCUT2D eigenvalue weighted by Crippen LogP contribution is -2.05. The third-order valence-electron chi connectivity index (χ3n) is 1.19. The van der Waals surface area contributed by atoms with Gasteiger partial charge >= 0.3 is 12.3 Å². The number of benzene rings is 1. The van der Waals surface area contributed by atoms with Crippen molar-refractivity contribution < 1.29 is 27.5 Å². The predicted molar refractivity (Wildman–Crippen MR) is 51.3 cm³/mol. The molecule has 3 nitrogen and oxygen atoms in total. The molecule has 8 heteroatoms. The van der Waals surface area contributed by atoms with Crippen LogP contribution in [0.4, 0.5) is 22.4 Å². The molecule has 0 aliphatic heterocycles. The zero-order chi connectivity index (χ0) is 12.9. The fraction of sp³-hybridized carbons (Fsp3) is 0.125. The monoisotopic (exact) mass is 303 g/mol. The number of nitrogens with two attached hydrogens (primary N) is 1. The normalized spacial score (nSPS) is 10.3. The molecule has 0 aliphatic carbocycles.